The van der Waals surface area contributed by atoms with E-state index in [4.69, 9.17) is 16.3 Å². The first-order valence-corrected chi connectivity index (χ1v) is 7.51. The standard InChI is InChI=1S/C17H19ClN2O/c1-21-16-5-2-13(3-6-16)12-20-9-8-19-11-14-10-15(18)4-7-17(14)20/h2-7,10,19H,8-9,11-12H2,1H3. The molecule has 2 aromatic rings. The smallest absolute Gasteiger partial charge is 0.118 e. The lowest BCUT2D eigenvalue weighted by molar-refractivity contribution is 0.414. The highest BCUT2D eigenvalue weighted by atomic mass is 35.5. The van der Waals surface area contributed by atoms with E-state index in [-0.39, 0.29) is 0 Å². The predicted molar refractivity (Wildman–Crippen MR) is 87.2 cm³/mol. The second-order valence-electron chi connectivity index (χ2n) is 5.22. The zero-order valence-electron chi connectivity index (χ0n) is 12.1. The van der Waals surface area contributed by atoms with Crippen LogP contribution in [-0.4, -0.2) is 20.2 Å². The second kappa shape index (κ2) is 6.37. The van der Waals surface area contributed by atoms with Gasteiger partial charge in [-0.15, -0.1) is 0 Å². The van der Waals surface area contributed by atoms with Crippen LogP contribution in [0.25, 0.3) is 0 Å². The molecule has 0 fully saturated rings. The molecule has 3 rings (SSSR count). The first-order valence-electron chi connectivity index (χ1n) is 7.13. The van der Waals surface area contributed by atoms with Crippen molar-refractivity contribution in [3.8, 4) is 5.75 Å². The van der Waals surface area contributed by atoms with Crippen LogP contribution in [0.4, 0.5) is 5.69 Å². The van der Waals surface area contributed by atoms with Crippen LogP contribution in [0, 0.1) is 0 Å². The SMILES string of the molecule is COc1ccc(CN2CCNCc3cc(Cl)ccc32)cc1. The van der Waals surface area contributed by atoms with Gasteiger partial charge in [0, 0.05) is 36.9 Å². The fourth-order valence-corrected chi connectivity index (χ4v) is 2.87. The van der Waals surface area contributed by atoms with E-state index in [0.29, 0.717) is 0 Å². The molecule has 0 saturated heterocycles. The van der Waals surface area contributed by atoms with Crippen molar-refractivity contribution in [3.05, 3.63) is 58.6 Å². The minimum absolute atomic E-state index is 0.793. The van der Waals surface area contributed by atoms with Crippen LogP contribution < -0.4 is 15.0 Å². The van der Waals surface area contributed by atoms with E-state index < -0.39 is 0 Å². The maximum absolute atomic E-state index is 6.11. The number of benzene rings is 2. The molecule has 1 aliphatic rings. The van der Waals surface area contributed by atoms with Crippen molar-refractivity contribution in [2.45, 2.75) is 13.1 Å². The van der Waals surface area contributed by atoms with Crippen LogP contribution in [0.15, 0.2) is 42.5 Å². The highest BCUT2D eigenvalue weighted by Gasteiger charge is 2.15. The third-order valence-corrected chi connectivity index (χ3v) is 4.02. The summed E-state index contributed by atoms with van der Waals surface area (Å²) in [5, 5.41) is 4.24. The van der Waals surface area contributed by atoms with E-state index in [1.54, 1.807) is 7.11 Å². The van der Waals surface area contributed by atoms with Gasteiger partial charge in [0.2, 0.25) is 0 Å². The Morgan fingerprint density at radius 1 is 1.19 bits per heavy atom. The molecule has 3 nitrogen and oxygen atoms in total. The number of nitrogens with zero attached hydrogens (tertiary/aromatic N) is 1. The van der Waals surface area contributed by atoms with Crippen molar-refractivity contribution in [3.63, 3.8) is 0 Å². The van der Waals surface area contributed by atoms with Crippen LogP contribution in [0.2, 0.25) is 5.02 Å². The number of rotatable bonds is 3. The number of ether oxygens (including phenoxy) is 1. The van der Waals surface area contributed by atoms with Crippen LogP contribution in [-0.2, 0) is 13.1 Å². The molecule has 21 heavy (non-hydrogen) atoms. The molecule has 0 saturated carbocycles. The Labute approximate surface area is 130 Å². The summed E-state index contributed by atoms with van der Waals surface area (Å²) in [6.07, 6.45) is 0. The van der Waals surface area contributed by atoms with Crippen molar-refractivity contribution >= 4 is 17.3 Å². The second-order valence-corrected chi connectivity index (χ2v) is 5.66. The van der Waals surface area contributed by atoms with Gasteiger partial charge in [0.15, 0.2) is 0 Å². The summed E-state index contributed by atoms with van der Waals surface area (Å²) < 4.78 is 5.21. The lowest BCUT2D eigenvalue weighted by Crippen LogP contribution is -2.28. The Hall–Kier alpha value is -1.71. The third-order valence-electron chi connectivity index (χ3n) is 3.79. The van der Waals surface area contributed by atoms with Gasteiger partial charge in [0.25, 0.3) is 0 Å². The number of halogens is 1. The normalized spacial score (nSPS) is 14.5. The largest absolute Gasteiger partial charge is 0.497 e. The van der Waals surface area contributed by atoms with Gasteiger partial charge in [-0.2, -0.15) is 0 Å². The molecule has 0 spiro atoms. The topological polar surface area (TPSA) is 24.5 Å². The summed E-state index contributed by atoms with van der Waals surface area (Å²) in [5.41, 5.74) is 3.80. The van der Waals surface area contributed by atoms with Gasteiger partial charge in [-0.05, 0) is 41.5 Å². The fraction of sp³-hybridized carbons (Fsp3) is 0.294. The number of hydrogen-bond acceptors (Lipinski definition) is 3. The van der Waals surface area contributed by atoms with Gasteiger partial charge in [-0.3, -0.25) is 0 Å². The number of methoxy groups -OCH3 is 1. The Morgan fingerprint density at radius 2 is 2.00 bits per heavy atom. The molecule has 0 amide bonds. The monoisotopic (exact) mass is 302 g/mol. The lowest BCUT2D eigenvalue weighted by Gasteiger charge is -2.25. The maximum atomic E-state index is 6.11. The van der Waals surface area contributed by atoms with Crippen LogP contribution in [0.1, 0.15) is 11.1 Å². The summed E-state index contributed by atoms with van der Waals surface area (Å²) in [6, 6.07) is 14.4. The minimum atomic E-state index is 0.793. The minimum Gasteiger partial charge on any atom is -0.497 e. The number of hydrogen-bond donors (Lipinski definition) is 1. The molecule has 0 aromatic heterocycles. The van der Waals surface area contributed by atoms with E-state index in [1.165, 1.54) is 16.8 Å². The summed E-state index contributed by atoms with van der Waals surface area (Å²) in [4.78, 5) is 2.40. The van der Waals surface area contributed by atoms with Gasteiger partial charge in [0.05, 0.1) is 7.11 Å². The van der Waals surface area contributed by atoms with E-state index in [0.717, 1.165) is 37.0 Å². The molecule has 110 valence electrons. The average molecular weight is 303 g/mol. The maximum Gasteiger partial charge on any atom is 0.118 e. The molecule has 4 heteroatoms. The third kappa shape index (κ3) is 3.31. The molecule has 0 radical (unpaired) electrons. The molecule has 2 aromatic carbocycles. The van der Waals surface area contributed by atoms with Crippen molar-refractivity contribution in [1.29, 1.82) is 0 Å². The Kier molecular flexibility index (Phi) is 4.32. The summed E-state index contributed by atoms with van der Waals surface area (Å²) in [5.74, 6) is 0.892. The number of fused-ring (bicyclic) bond motifs is 1. The zero-order valence-corrected chi connectivity index (χ0v) is 12.9. The summed E-state index contributed by atoms with van der Waals surface area (Å²) >= 11 is 6.11. The van der Waals surface area contributed by atoms with Crippen molar-refractivity contribution < 1.29 is 4.74 Å². The van der Waals surface area contributed by atoms with Gasteiger partial charge < -0.3 is 15.0 Å². The van der Waals surface area contributed by atoms with Crippen LogP contribution in [0.3, 0.4) is 0 Å². The average Bonchev–Trinajstić information content (AvgIpc) is 2.70. The highest BCUT2D eigenvalue weighted by molar-refractivity contribution is 6.30. The fourth-order valence-electron chi connectivity index (χ4n) is 2.68. The predicted octanol–water partition coefficient (Wildman–Crippen LogP) is 3.46. The molecule has 0 unspecified atom stereocenters. The number of nitrogens with one attached hydrogen (secondary N) is 1. The molecule has 1 heterocycles. The Morgan fingerprint density at radius 3 is 2.76 bits per heavy atom. The van der Waals surface area contributed by atoms with E-state index in [2.05, 4.69) is 34.5 Å². The van der Waals surface area contributed by atoms with Gasteiger partial charge in [-0.1, -0.05) is 23.7 Å². The first kappa shape index (κ1) is 14.2. The van der Waals surface area contributed by atoms with Crippen molar-refractivity contribution in [1.82, 2.24) is 5.32 Å². The Bertz CT molecular complexity index is 613. The van der Waals surface area contributed by atoms with Crippen LogP contribution >= 0.6 is 11.6 Å². The van der Waals surface area contributed by atoms with Crippen molar-refractivity contribution in [2.24, 2.45) is 0 Å². The molecule has 1 aliphatic heterocycles. The molecular formula is C17H19ClN2O. The molecule has 1 N–H and O–H groups in total. The van der Waals surface area contributed by atoms with E-state index >= 15 is 0 Å². The van der Waals surface area contributed by atoms with E-state index in [1.807, 2.05) is 18.2 Å². The quantitative estimate of drug-likeness (QED) is 0.940. The van der Waals surface area contributed by atoms with Gasteiger partial charge >= 0.3 is 0 Å². The van der Waals surface area contributed by atoms with Gasteiger partial charge in [-0.25, -0.2) is 0 Å². The summed E-state index contributed by atoms with van der Waals surface area (Å²) in [6.45, 7) is 3.72. The molecule has 0 aliphatic carbocycles. The molecular weight excluding hydrogens is 284 g/mol. The number of anilines is 1. The van der Waals surface area contributed by atoms with E-state index in [9.17, 15) is 0 Å². The Balaban J connectivity index is 1.84. The molecule has 0 bridgehead atoms. The van der Waals surface area contributed by atoms with Gasteiger partial charge in [0.1, 0.15) is 5.75 Å². The molecule has 0 atom stereocenters. The van der Waals surface area contributed by atoms with Crippen LogP contribution in [0.5, 0.6) is 5.75 Å². The lowest BCUT2D eigenvalue weighted by atomic mass is 10.1. The van der Waals surface area contributed by atoms with Crippen molar-refractivity contribution in [2.75, 3.05) is 25.1 Å². The highest BCUT2D eigenvalue weighted by Crippen LogP contribution is 2.27. The first-order chi connectivity index (χ1) is 10.3. The summed E-state index contributed by atoms with van der Waals surface area (Å²) in [7, 11) is 1.69. The zero-order chi connectivity index (χ0) is 14.7.